The van der Waals surface area contributed by atoms with Gasteiger partial charge in [-0.25, -0.2) is 0 Å². The molecule has 1 saturated heterocycles. The van der Waals surface area contributed by atoms with Crippen LogP contribution >= 0.6 is 0 Å². The number of hydrogen-bond donors (Lipinski definition) is 2. The lowest BCUT2D eigenvalue weighted by molar-refractivity contribution is -0.383. The molecular formula is C17H25N3O4. The normalized spacial score (nSPS) is 18.8. The standard InChI is InChI=1S/C17H25N3O4/c1-3-17(12-21)8-10-19(11-9-17)13(2)16(22)18-14-6-4-5-7-15(14)20(23)24/h4-7,13,21H,3,8-12H2,1-2H3,(H,18,22). The maximum atomic E-state index is 12.5. The molecule has 2 N–H and O–H groups in total. The zero-order chi connectivity index (χ0) is 17.7. The third kappa shape index (κ3) is 3.91. The first-order valence-electron chi connectivity index (χ1n) is 8.31. The van der Waals surface area contributed by atoms with E-state index in [4.69, 9.17) is 0 Å². The van der Waals surface area contributed by atoms with E-state index in [9.17, 15) is 20.0 Å². The lowest BCUT2D eigenvalue weighted by Crippen LogP contribution is -2.49. The van der Waals surface area contributed by atoms with Gasteiger partial charge in [-0.3, -0.25) is 19.8 Å². The van der Waals surface area contributed by atoms with Crippen molar-refractivity contribution in [1.29, 1.82) is 0 Å². The van der Waals surface area contributed by atoms with Crippen molar-refractivity contribution >= 4 is 17.3 Å². The van der Waals surface area contributed by atoms with Crippen LogP contribution in [0.25, 0.3) is 0 Å². The smallest absolute Gasteiger partial charge is 0.292 e. The van der Waals surface area contributed by atoms with E-state index in [1.54, 1.807) is 12.1 Å². The van der Waals surface area contributed by atoms with Crippen molar-refractivity contribution in [3.8, 4) is 0 Å². The minimum atomic E-state index is -0.502. The van der Waals surface area contributed by atoms with E-state index in [2.05, 4.69) is 17.1 Å². The fourth-order valence-electron chi connectivity index (χ4n) is 3.15. The number of aliphatic hydroxyl groups excluding tert-OH is 1. The highest BCUT2D eigenvalue weighted by molar-refractivity contribution is 5.96. The van der Waals surface area contributed by atoms with Gasteiger partial charge in [-0.05, 0) is 50.8 Å². The number of benzene rings is 1. The van der Waals surface area contributed by atoms with Crippen molar-refractivity contribution in [2.75, 3.05) is 25.0 Å². The summed E-state index contributed by atoms with van der Waals surface area (Å²) in [5.74, 6) is -0.253. The SMILES string of the molecule is CCC1(CO)CCN(C(C)C(=O)Nc2ccccc2[N+](=O)[O-])CC1. The highest BCUT2D eigenvalue weighted by Crippen LogP contribution is 2.35. The summed E-state index contributed by atoms with van der Waals surface area (Å²) in [5.41, 5.74) is 0.0712. The Bertz CT molecular complexity index is 591. The first-order chi connectivity index (χ1) is 11.4. The molecule has 1 amide bonds. The summed E-state index contributed by atoms with van der Waals surface area (Å²) in [7, 11) is 0. The summed E-state index contributed by atoms with van der Waals surface area (Å²) in [5, 5.41) is 23.3. The molecule has 0 saturated carbocycles. The van der Waals surface area contributed by atoms with Crippen LogP contribution in [0.2, 0.25) is 0 Å². The molecule has 7 nitrogen and oxygen atoms in total. The molecule has 1 aromatic carbocycles. The average Bonchev–Trinajstić information content (AvgIpc) is 2.61. The predicted molar refractivity (Wildman–Crippen MR) is 91.8 cm³/mol. The van der Waals surface area contributed by atoms with E-state index in [1.165, 1.54) is 12.1 Å². The van der Waals surface area contributed by atoms with Crippen LogP contribution in [0.1, 0.15) is 33.1 Å². The Labute approximate surface area is 141 Å². The molecule has 1 heterocycles. The highest BCUT2D eigenvalue weighted by atomic mass is 16.6. The first kappa shape index (κ1) is 18.4. The van der Waals surface area contributed by atoms with Crippen LogP contribution in [0, 0.1) is 15.5 Å². The van der Waals surface area contributed by atoms with Crippen molar-refractivity contribution in [1.82, 2.24) is 4.90 Å². The van der Waals surface area contributed by atoms with Gasteiger partial charge in [0.25, 0.3) is 5.69 Å². The lowest BCUT2D eigenvalue weighted by atomic mass is 9.76. The largest absolute Gasteiger partial charge is 0.396 e. The van der Waals surface area contributed by atoms with E-state index < -0.39 is 4.92 Å². The van der Waals surface area contributed by atoms with Gasteiger partial charge in [-0.1, -0.05) is 19.1 Å². The zero-order valence-electron chi connectivity index (χ0n) is 14.2. The zero-order valence-corrected chi connectivity index (χ0v) is 14.2. The van der Waals surface area contributed by atoms with E-state index in [0.29, 0.717) is 0 Å². The van der Waals surface area contributed by atoms with E-state index in [0.717, 1.165) is 32.4 Å². The van der Waals surface area contributed by atoms with Crippen LogP contribution in [-0.4, -0.2) is 46.6 Å². The van der Waals surface area contributed by atoms with Crippen molar-refractivity contribution in [2.24, 2.45) is 5.41 Å². The number of carbonyl (C=O) groups excluding carboxylic acids is 1. The second-order valence-electron chi connectivity index (χ2n) is 6.49. The van der Waals surface area contributed by atoms with E-state index in [-0.39, 0.29) is 35.3 Å². The van der Waals surface area contributed by atoms with Crippen LogP contribution in [0.5, 0.6) is 0 Å². The van der Waals surface area contributed by atoms with Gasteiger partial charge in [-0.2, -0.15) is 0 Å². The molecule has 1 unspecified atom stereocenters. The number of nitrogens with zero attached hydrogens (tertiary/aromatic N) is 2. The molecule has 0 aliphatic carbocycles. The lowest BCUT2D eigenvalue weighted by Gasteiger charge is -2.42. The molecule has 0 bridgehead atoms. The Kier molecular flexibility index (Phi) is 5.90. The number of nitrogens with one attached hydrogen (secondary N) is 1. The molecule has 0 radical (unpaired) electrons. The van der Waals surface area contributed by atoms with Gasteiger partial charge in [0.15, 0.2) is 0 Å². The molecule has 1 fully saturated rings. The number of likely N-dealkylation sites (tertiary alicyclic amines) is 1. The Balaban J connectivity index is 2.00. The van der Waals surface area contributed by atoms with Crippen LogP contribution in [-0.2, 0) is 4.79 Å². The number of anilines is 1. The summed E-state index contributed by atoms with van der Waals surface area (Å²) >= 11 is 0. The minimum absolute atomic E-state index is 0.0368. The quantitative estimate of drug-likeness (QED) is 0.615. The van der Waals surface area contributed by atoms with E-state index in [1.807, 2.05) is 6.92 Å². The first-order valence-corrected chi connectivity index (χ1v) is 8.31. The summed E-state index contributed by atoms with van der Waals surface area (Å²) in [6.45, 7) is 5.53. The van der Waals surface area contributed by atoms with Gasteiger partial charge >= 0.3 is 0 Å². The van der Waals surface area contributed by atoms with Crippen molar-refractivity contribution in [2.45, 2.75) is 39.2 Å². The Hall–Kier alpha value is -1.99. The molecule has 1 atom stereocenters. The number of carbonyl (C=O) groups is 1. The fourth-order valence-corrected chi connectivity index (χ4v) is 3.15. The maximum Gasteiger partial charge on any atom is 0.292 e. The number of aliphatic hydroxyl groups is 1. The molecule has 0 aromatic heterocycles. The molecule has 24 heavy (non-hydrogen) atoms. The monoisotopic (exact) mass is 335 g/mol. The number of piperidine rings is 1. The van der Waals surface area contributed by atoms with Gasteiger partial charge in [0.05, 0.1) is 11.0 Å². The number of nitro groups is 1. The molecule has 0 spiro atoms. The Morgan fingerprint density at radius 2 is 2.04 bits per heavy atom. The third-order valence-corrected chi connectivity index (χ3v) is 5.23. The number of para-hydroxylation sites is 2. The molecule has 1 aliphatic heterocycles. The Morgan fingerprint density at radius 1 is 1.42 bits per heavy atom. The molecule has 132 valence electrons. The van der Waals surface area contributed by atoms with Gasteiger partial charge in [-0.15, -0.1) is 0 Å². The van der Waals surface area contributed by atoms with Crippen molar-refractivity contribution in [3.05, 3.63) is 34.4 Å². The average molecular weight is 335 g/mol. The second-order valence-corrected chi connectivity index (χ2v) is 6.49. The third-order valence-electron chi connectivity index (χ3n) is 5.23. The van der Waals surface area contributed by atoms with Crippen molar-refractivity contribution < 1.29 is 14.8 Å². The van der Waals surface area contributed by atoms with Crippen LogP contribution < -0.4 is 5.32 Å². The summed E-state index contributed by atoms with van der Waals surface area (Å²) in [4.78, 5) is 25.1. The van der Waals surface area contributed by atoms with Crippen LogP contribution in [0.15, 0.2) is 24.3 Å². The number of amides is 1. The van der Waals surface area contributed by atoms with Crippen LogP contribution in [0.3, 0.4) is 0 Å². The van der Waals surface area contributed by atoms with Gasteiger partial charge in [0.2, 0.25) is 5.91 Å². The summed E-state index contributed by atoms with van der Waals surface area (Å²) < 4.78 is 0. The molecule has 2 rings (SSSR count). The molecule has 7 heteroatoms. The Morgan fingerprint density at radius 3 is 2.58 bits per heavy atom. The highest BCUT2D eigenvalue weighted by Gasteiger charge is 2.35. The van der Waals surface area contributed by atoms with E-state index >= 15 is 0 Å². The number of hydrogen-bond acceptors (Lipinski definition) is 5. The number of nitro benzene ring substituents is 1. The molecular weight excluding hydrogens is 310 g/mol. The number of rotatable bonds is 6. The molecule has 1 aromatic rings. The molecule has 1 aliphatic rings. The topological polar surface area (TPSA) is 95.7 Å². The van der Waals surface area contributed by atoms with Gasteiger partial charge in [0, 0.05) is 12.7 Å². The summed E-state index contributed by atoms with van der Waals surface area (Å²) in [6, 6.07) is 5.76. The maximum absolute atomic E-state index is 12.5. The van der Waals surface area contributed by atoms with Crippen LogP contribution in [0.4, 0.5) is 11.4 Å². The minimum Gasteiger partial charge on any atom is -0.396 e. The predicted octanol–water partition coefficient (Wildman–Crippen LogP) is 2.41. The van der Waals surface area contributed by atoms with Gasteiger partial charge in [0.1, 0.15) is 5.69 Å². The van der Waals surface area contributed by atoms with Gasteiger partial charge < -0.3 is 10.4 Å². The fraction of sp³-hybridized carbons (Fsp3) is 0.588. The van der Waals surface area contributed by atoms with Crippen molar-refractivity contribution in [3.63, 3.8) is 0 Å². The second kappa shape index (κ2) is 7.72. The summed E-state index contributed by atoms with van der Waals surface area (Å²) in [6.07, 6.45) is 2.63.